The Morgan fingerprint density at radius 2 is 2.36 bits per heavy atom. The smallest absolute Gasteiger partial charge is 0.150 e. The van der Waals surface area contributed by atoms with Crippen molar-refractivity contribution in [3.05, 3.63) is 23.8 Å². The van der Waals surface area contributed by atoms with Gasteiger partial charge in [0.1, 0.15) is 5.75 Å². The lowest BCUT2D eigenvalue weighted by atomic mass is 10.2. The summed E-state index contributed by atoms with van der Waals surface area (Å²) in [5, 5.41) is 0. The van der Waals surface area contributed by atoms with Crippen molar-refractivity contribution in [3.63, 3.8) is 0 Å². The van der Waals surface area contributed by atoms with Gasteiger partial charge in [-0.05, 0) is 11.6 Å². The van der Waals surface area contributed by atoms with Crippen molar-refractivity contribution in [1.82, 2.24) is 0 Å². The SMILES string of the molecule is NOc1ccc2c(c1)OCC2. The van der Waals surface area contributed by atoms with Gasteiger partial charge in [-0.15, -0.1) is 0 Å². The van der Waals surface area contributed by atoms with E-state index in [0.717, 1.165) is 18.8 Å². The molecule has 1 heterocycles. The van der Waals surface area contributed by atoms with Crippen molar-refractivity contribution in [2.75, 3.05) is 6.61 Å². The molecule has 3 nitrogen and oxygen atoms in total. The Bertz CT molecular complexity index is 273. The molecule has 0 bridgehead atoms. The summed E-state index contributed by atoms with van der Waals surface area (Å²) >= 11 is 0. The van der Waals surface area contributed by atoms with Crippen LogP contribution in [0.4, 0.5) is 0 Å². The summed E-state index contributed by atoms with van der Waals surface area (Å²) < 4.78 is 5.31. The molecular weight excluding hydrogens is 142 g/mol. The molecular formula is C8H9NO2. The quantitative estimate of drug-likeness (QED) is 0.606. The van der Waals surface area contributed by atoms with Crippen molar-refractivity contribution < 1.29 is 9.57 Å². The molecule has 11 heavy (non-hydrogen) atoms. The third-order valence-corrected chi connectivity index (χ3v) is 1.80. The Labute approximate surface area is 64.7 Å². The van der Waals surface area contributed by atoms with E-state index in [-0.39, 0.29) is 0 Å². The maximum absolute atomic E-state index is 5.31. The predicted octanol–water partition coefficient (Wildman–Crippen LogP) is 0.874. The minimum atomic E-state index is 0.644. The Morgan fingerprint density at radius 3 is 3.18 bits per heavy atom. The second-order valence-corrected chi connectivity index (χ2v) is 2.49. The topological polar surface area (TPSA) is 44.5 Å². The standard InChI is InChI=1S/C8H9NO2/c9-11-7-2-1-6-3-4-10-8(6)5-7/h1-2,5H,3-4,9H2. The number of hydrogen-bond acceptors (Lipinski definition) is 3. The van der Waals surface area contributed by atoms with Crippen molar-refractivity contribution in [3.8, 4) is 11.5 Å². The molecule has 0 radical (unpaired) electrons. The number of ether oxygens (including phenoxy) is 1. The molecule has 1 aromatic rings. The van der Waals surface area contributed by atoms with Crippen molar-refractivity contribution in [1.29, 1.82) is 0 Å². The molecule has 1 aliphatic rings. The van der Waals surface area contributed by atoms with Crippen LogP contribution in [0.1, 0.15) is 5.56 Å². The monoisotopic (exact) mass is 151 g/mol. The molecule has 58 valence electrons. The first-order valence-electron chi connectivity index (χ1n) is 3.52. The van der Waals surface area contributed by atoms with Crippen LogP contribution in [0.5, 0.6) is 11.5 Å². The molecule has 0 aromatic heterocycles. The van der Waals surface area contributed by atoms with Gasteiger partial charge in [0, 0.05) is 12.5 Å². The van der Waals surface area contributed by atoms with Crippen LogP contribution in [0, 0.1) is 0 Å². The van der Waals surface area contributed by atoms with Crippen LogP contribution in [-0.2, 0) is 6.42 Å². The molecule has 0 fully saturated rings. The van der Waals surface area contributed by atoms with Crippen LogP contribution in [0.2, 0.25) is 0 Å². The highest BCUT2D eigenvalue weighted by atomic mass is 16.6. The molecule has 0 unspecified atom stereocenters. The van der Waals surface area contributed by atoms with E-state index in [1.54, 1.807) is 0 Å². The van der Waals surface area contributed by atoms with E-state index in [0.29, 0.717) is 5.75 Å². The van der Waals surface area contributed by atoms with Crippen LogP contribution in [0.3, 0.4) is 0 Å². The average molecular weight is 151 g/mol. The largest absolute Gasteiger partial charge is 0.493 e. The summed E-state index contributed by atoms with van der Waals surface area (Å²) in [5.41, 5.74) is 1.23. The zero-order chi connectivity index (χ0) is 7.68. The van der Waals surface area contributed by atoms with Gasteiger partial charge in [-0.3, -0.25) is 0 Å². The van der Waals surface area contributed by atoms with Crippen LogP contribution in [-0.4, -0.2) is 6.61 Å². The first-order chi connectivity index (χ1) is 5.40. The Morgan fingerprint density at radius 1 is 1.45 bits per heavy atom. The highest BCUT2D eigenvalue weighted by Gasteiger charge is 2.11. The van der Waals surface area contributed by atoms with Crippen LogP contribution in [0.15, 0.2) is 18.2 Å². The Kier molecular flexibility index (Phi) is 1.43. The third kappa shape index (κ3) is 1.03. The second kappa shape index (κ2) is 2.43. The molecule has 0 aliphatic carbocycles. The van der Waals surface area contributed by atoms with Crippen molar-refractivity contribution >= 4 is 0 Å². The first-order valence-corrected chi connectivity index (χ1v) is 3.52. The molecule has 0 amide bonds. The Balaban J connectivity index is 2.41. The Hall–Kier alpha value is -1.22. The number of nitrogens with two attached hydrogens (primary N) is 1. The molecule has 0 saturated heterocycles. The zero-order valence-electron chi connectivity index (χ0n) is 6.04. The molecule has 3 heteroatoms. The number of benzene rings is 1. The van der Waals surface area contributed by atoms with E-state index in [1.165, 1.54) is 5.56 Å². The van der Waals surface area contributed by atoms with E-state index >= 15 is 0 Å². The molecule has 0 spiro atoms. The lowest BCUT2D eigenvalue weighted by molar-refractivity contribution is 0.327. The fourth-order valence-electron chi connectivity index (χ4n) is 1.22. The van der Waals surface area contributed by atoms with E-state index in [1.807, 2.05) is 18.2 Å². The van der Waals surface area contributed by atoms with Crippen LogP contribution < -0.4 is 15.5 Å². The van der Waals surface area contributed by atoms with Gasteiger partial charge < -0.3 is 9.57 Å². The summed E-state index contributed by atoms with van der Waals surface area (Å²) in [6, 6.07) is 5.63. The number of fused-ring (bicyclic) bond motifs is 1. The summed E-state index contributed by atoms with van der Waals surface area (Å²) in [6.45, 7) is 0.767. The normalized spacial score (nSPS) is 13.9. The molecule has 1 aromatic carbocycles. The van der Waals surface area contributed by atoms with E-state index in [2.05, 4.69) is 4.84 Å². The van der Waals surface area contributed by atoms with Crippen LogP contribution >= 0.6 is 0 Å². The predicted molar refractivity (Wildman–Crippen MR) is 40.5 cm³/mol. The summed E-state index contributed by atoms with van der Waals surface area (Å²) in [6.07, 6.45) is 0.986. The molecule has 0 saturated carbocycles. The average Bonchev–Trinajstić information content (AvgIpc) is 2.50. The molecule has 2 N–H and O–H groups in total. The summed E-state index contributed by atoms with van der Waals surface area (Å²) in [4.78, 5) is 4.56. The third-order valence-electron chi connectivity index (χ3n) is 1.80. The minimum absolute atomic E-state index is 0.644. The van der Waals surface area contributed by atoms with E-state index in [4.69, 9.17) is 10.6 Å². The first kappa shape index (κ1) is 6.49. The van der Waals surface area contributed by atoms with E-state index in [9.17, 15) is 0 Å². The van der Waals surface area contributed by atoms with Gasteiger partial charge in [0.25, 0.3) is 0 Å². The second-order valence-electron chi connectivity index (χ2n) is 2.49. The molecule has 0 atom stereocenters. The fraction of sp³-hybridized carbons (Fsp3) is 0.250. The maximum Gasteiger partial charge on any atom is 0.150 e. The van der Waals surface area contributed by atoms with Gasteiger partial charge in [-0.2, -0.15) is 5.90 Å². The van der Waals surface area contributed by atoms with Crippen molar-refractivity contribution in [2.24, 2.45) is 5.90 Å². The zero-order valence-corrected chi connectivity index (χ0v) is 6.04. The van der Waals surface area contributed by atoms with Gasteiger partial charge in [0.15, 0.2) is 5.75 Å². The van der Waals surface area contributed by atoms with Crippen molar-refractivity contribution in [2.45, 2.75) is 6.42 Å². The highest BCUT2D eigenvalue weighted by Crippen LogP contribution is 2.28. The van der Waals surface area contributed by atoms with Gasteiger partial charge in [-0.1, -0.05) is 6.07 Å². The maximum atomic E-state index is 5.31. The van der Waals surface area contributed by atoms with Gasteiger partial charge >= 0.3 is 0 Å². The lowest BCUT2D eigenvalue weighted by Gasteiger charge is -2.00. The van der Waals surface area contributed by atoms with E-state index < -0.39 is 0 Å². The van der Waals surface area contributed by atoms with Gasteiger partial charge in [0.2, 0.25) is 0 Å². The summed E-state index contributed by atoms with van der Waals surface area (Å²) in [5.74, 6) is 6.53. The molecule has 1 aliphatic heterocycles. The number of hydrogen-bond donors (Lipinski definition) is 1. The fourth-order valence-corrected chi connectivity index (χ4v) is 1.22. The van der Waals surface area contributed by atoms with Gasteiger partial charge in [0.05, 0.1) is 6.61 Å². The highest BCUT2D eigenvalue weighted by molar-refractivity contribution is 5.42. The molecule has 2 rings (SSSR count). The number of rotatable bonds is 1. The lowest BCUT2D eigenvalue weighted by Crippen LogP contribution is -2.01. The minimum Gasteiger partial charge on any atom is -0.493 e. The summed E-state index contributed by atoms with van der Waals surface area (Å²) in [7, 11) is 0. The van der Waals surface area contributed by atoms with Gasteiger partial charge in [-0.25, -0.2) is 0 Å². The van der Waals surface area contributed by atoms with Crippen LogP contribution in [0.25, 0.3) is 0 Å².